The van der Waals surface area contributed by atoms with Crippen LogP contribution in [-0.4, -0.2) is 30.0 Å². The van der Waals surface area contributed by atoms with Crippen molar-refractivity contribution in [1.29, 1.82) is 0 Å². The fraction of sp³-hybridized carbons (Fsp3) is 0.556. The largest absolute Gasteiger partial charge is 0.435 e. The van der Waals surface area contributed by atoms with Gasteiger partial charge in [-0.25, -0.2) is 4.79 Å². The van der Waals surface area contributed by atoms with Gasteiger partial charge in [0.2, 0.25) is 0 Å². The number of benzene rings is 1. The van der Waals surface area contributed by atoms with Gasteiger partial charge in [0.25, 0.3) is 5.91 Å². The SMILES string of the molecule is C[C@]1(c2ccc(OC(F)F)cc2)NC(=O)N(CC2CCCCC2)C1=O. The Kier molecular flexibility index (Phi) is 4.92. The van der Waals surface area contributed by atoms with E-state index in [2.05, 4.69) is 10.1 Å². The number of ether oxygens (including phenoxy) is 1. The van der Waals surface area contributed by atoms with Crippen LogP contribution in [0, 0.1) is 5.92 Å². The Morgan fingerprint density at radius 1 is 1.20 bits per heavy atom. The zero-order valence-corrected chi connectivity index (χ0v) is 14.1. The average Bonchev–Trinajstić information content (AvgIpc) is 2.80. The third-order valence-electron chi connectivity index (χ3n) is 5.10. The van der Waals surface area contributed by atoms with Crippen molar-refractivity contribution in [2.24, 2.45) is 5.92 Å². The highest BCUT2D eigenvalue weighted by atomic mass is 19.3. The average molecular weight is 352 g/mol. The fourth-order valence-electron chi connectivity index (χ4n) is 3.66. The van der Waals surface area contributed by atoms with Crippen molar-refractivity contribution in [2.75, 3.05) is 6.54 Å². The Hall–Kier alpha value is -2.18. The van der Waals surface area contributed by atoms with Gasteiger partial charge >= 0.3 is 12.6 Å². The van der Waals surface area contributed by atoms with Gasteiger partial charge in [0, 0.05) is 6.54 Å². The summed E-state index contributed by atoms with van der Waals surface area (Å²) in [4.78, 5) is 26.5. The van der Waals surface area contributed by atoms with Gasteiger partial charge in [-0.05, 0) is 43.4 Å². The van der Waals surface area contributed by atoms with Crippen LogP contribution in [-0.2, 0) is 10.3 Å². The molecule has 1 aliphatic heterocycles. The van der Waals surface area contributed by atoms with Crippen LogP contribution in [0.4, 0.5) is 13.6 Å². The van der Waals surface area contributed by atoms with Gasteiger partial charge < -0.3 is 10.1 Å². The van der Waals surface area contributed by atoms with Crippen LogP contribution in [0.3, 0.4) is 0 Å². The van der Waals surface area contributed by atoms with Crippen molar-refractivity contribution in [1.82, 2.24) is 10.2 Å². The molecular formula is C18H22F2N2O3. The Balaban J connectivity index is 1.74. The lowest BCUT2D eigenvalue weighted by atomic mass is 9.88. The lowest BCUT2D eigenvalue weighted by Gasteiger charge is -2.26. The second-order valence-corrected chi connectivity index (χ2v) is 6.88. The molecule has 1 aromatic rings. The molecule has 5 nitrogen and oxygen atoms in total. The number of nitrogens with one attached hydrogen (secondary N) is 1. The second-order valence-electron chi connectivity index (χ2n) is 6.88. The van der Waals surface area contributed by atoms with E-state index in [9.17, 15) is 18.4 Å². The summed E-state index contributed by atoms with van der Waals surface area (Å²) in [6.07, 6.45) is 5.55. The fourth-order valence-corrected chi connectivity index (χ4v) is 3.66. The number of imide groups is 1. The quantitative estimate of drug-likeness (QED) is 0.823. The van der Waals surface area contributed by atoms with Crippen LogP contribution in [0.1, 0.15) is 44.6 Å². The van der Waals surface area contributed by atoms with E-state index in [0.717, 1.165) is 25.7 Å². The van der Waals surface area contributed by atoms with Crippen molar-refractivity contribution < 1.29 is 23.1 Å². The molecule has 1 N–H and O–H groups in total. The van der Waals surface area contributed by atoms with Crippen LogP contribution < -0.4 is 10.1 Å². The Morgan fingerprint density at radius 3 is 2.44 bits per heavy atom. The highest BCUT2D eigenvalue weighted by Crippen LogP contribution is 2.32. The second kappa shape index (κ2) is 6.98. The Bertz CT molecular complexity index is 644. The maximum absolute atomic E-state index is 12.9. The zero-order chi connectivity index (χ0) is 18.0. The van der Waals surface area contributed by atoms with Crippen molar-refractivity contribution in [3.63, 3.8) is 0 Å². The van der Waals surface area contributed by atoms with E-state index < -0.39 is 18.2 Å². The van der Waals surface area contributed by atoms with Gasteiger partial charge in [-0.3, -0.25) is 9.69 Å². The molecule has 1 aliphatic carbocycles. The maximum atomic E-state index is 12.9. The van der Waals surface area contributed by atoms with E-state index in [1.165, 1.54) is 35.6 Å². The summed E-state index contributed by atoms with van der Waals surface area (Å²) >= 11 is 0. The highest BCUT2D eigenvalue weighted by Gasteiger charge is 2.49. The molecule has 2 fully saturated rings. The van der Waals surface area contributed by atoms with Crippen molar-refractivity contribution in [3.05, 3.63) is 29.8 Å². The summed E-state index contributed by atoms with van der Waals surface area (Å²) in [5.74, 6) is 0.0661. The molecule has 0 unspecified atom stereocenters. The summed E-state index contributed by atoms with van der Waals surface area (Å²) in [5, 5.41) is 2.74. The number of nitrogens with zero attached hydrogens (tertiary/aromatic N) is 1. The predicted molar refractivity (Wildman–Crippen MR) is 87.2 cm³/mol. The minimum Gasteiger partial charge on any atom is -0.435 e. The Labute approximate surface area is 145 Å². The molecule has 1 aromatic carbocycles. The first kappa shape index (κ1) is 17.6. The van der Waals surface area contributed by atoms with Gasteiger partial charge in [0.1, 0.15) is 11.3 Å². The van der Waals surface area contributed by atoms with E-state index in [-0.39, 0.29) is 11.7 Å². The first-order valence-electron chi connectivity index (χ1n) is 8.59. The van der Waals surface area contributed by atoms with Crippen molar-refractivity contribution in [2.45, 2.75) is 51.2 Å². The molecule has 1 saturated carbocycles. The van der Waals surface area contributed by atoms with Crippen LogP contribution in [0.5, 0.6) is 5.75 Å². The molecule has 3 amide bonds. The number of alkyl halides is 2. The Morgan fingerprint density at radius 2 is 1.84 bits per heavy atom. The molecule has 0 bridgehead atoms. The first-order valence-corrected chi connectivity index (χ1v) is 8.59. The van der Waals surface area contributed by atoms with Gasteiger partial charge in [0.05, 0.1) is 0 Å². The van der Waals surface area contributed by atoms with E-state index in [0.29, 0.717) is 18.0 Å². The van der Waals surface area contributed by atoms with E-state index in [4.69, 9.17) is 0 Å². The molecule has 3 rings (SSSR count). The van der Waals surface area contributed by atoms with Crippen molar-refractivity contribution in [3.8, 4) is 5.75 Å². The molecule has 0 radical (unpaired) electrons. The minimum absolute atomic E-state index is 0.0122. The number of amides is 3. The topological polar surface area (TPSA) is 58.6 Å². The normalized spacial score (nSPS) is 24.7. The lowest BCUT2D eigenvalue weighted by molar-refractivity contribution is -0.131. The third-order valence-corrected chi connectivity index (χ3v) is 5.10. The van der Waals surface area contributed by atoms with Crippen LogP contribution in [0.15, 0.2) is 24.3 Å². The molecule has 25 heavy (non-hydrogen) atoms. The van der Waals surface area contributed by atoms with E-state index in [1.54, 1.807) is 6.92 Å². The summed E-state index contributed by atoms with van der Waals surface area (Å²) in [5.41, 5.74) is -0.645. The number of urea groups is 1. The molecule has 1 atom stereocenters. The van der Waals surface area contributed by atoms with Crippen LogP contribution in [0.2, 0.25) is 0 Å². The summed E-state index contributed by atoms with van der Waals surface area (Å²) in [6.45, 7) is -0.829. The standard InChI is InChI=1S/C18H22F2N2O3/c1-18(13-7-9-14(10-8-13)25-16(19)20)15(23)22(17(24)21-18)11-12-5-3-2-4-6-12/h7-10,12,16H,2-6,11H2,1H3,(H,21,24)/t18-/m1/s1. The van der Waals surface area contributed by atoms with Crippen molar-refractivity contribution >= 4 is 11.9 Å². The van der Waals surface area contributed by atoms with E-state index >= 15 is 0 Å². The predicted octanol–water partition coefficient (Wildman–Crippen LogP) is 3.64. The summed E-state index contributed by atoms with van der Waals surface area (Å²) in [6, 6.07) is 5.40. The smallest absolute Gasteiger partial charge is 0.387 e. The molecule has 7 heteroatoms. The number of hydrogen-bond acceptors (Lipinski definition) is 3. The number of carbonyl (C=O) groups is 2. The molecule has 1 saturated heterocycles. The van der Waals surface area contributed by atoms with Gasteiger partial charge in [-0.1, -0.05) is 31.4 Å². The lowest BCUT2D eigenvalue weighted by Crippen LogP contribution is -2.41. The third kappa shape index (κ3) is 3.60. The number of halogens is 2. The monoisotopic (exact) mass is 352 g/mol. The first-order chi connectivity index (χ1) is 11.9. The molecule has 0 aromatic heterocycles. The zero-order valence-electron chi connectivity index (χ0n) is 14.1. The number of rotatable bonds is 5. The van der Waals surface area contributed by atoms with Gasteiger partial charge in [-0.15, -0.1) is 0 Å². The maximum Gasteiger partial charge on any atom is 0.387 e. The summed E-state index contributed by atoms with van der Waals surface area (Å²) in [7, 11) is 0. The number of carbonyl (C=O) groups excluding carboxylic acids is 2. The minimum atomic E-state index is -2.90. The van der Waals surface area contributed by atoms with Crippen LogP contribution >= 0.6 is 0 Å². The summed E-state index contributed by atoms with van der Waals surface area (Å²) < 4.78 is 28.8. The van der Waals surface area contributed by atoms with Gasteiger partial charge in [0.15, 0.2) is 0 Å². The number of hydrogen-bond donors (Lipinski definition) is 1. The van der Waals surface area contributed by atoms with E-state index in [1.807, 2.05) is 0 Å². The highest BCUT2D eigenvalue weighted by molar-refractivity contribution is 6.07. The molecule has 1 heterocycles. The van der Waals surface area contributed by atoms with Gasteiger partial charge in [-0.2, -0.15) is 8.78 Å². The van der Waals surface area contributed by atoms with Crippen LogP contribution in [0.25, 0.3) is 0 Å². The molecule has 2 aliphatic rings. The molecular weight excluding hydrogens is 330 g/mol. The molecule has 0 spiro atoms. The molecule has 136 valence electrons.